The molecule has 1 aromatic heterocycles. The Morgan fingerprint density at radius 2 is 2.19 bits per heavy atom. The second kappa shape index (κ2) is 6.92. The van der Waals surface area contributed by atoms with Gasteiger partial charge in [0.05, 0.1) is 5.69 Å². The fourth-order valence-corrected chi connectivity index (χ4v) is 3.57. The van der Waals surface area contributed by atoms with E-state index in [1.165, 1.54) is 25.7 Å². The lowest BCUT2D eigenvalue weighted by atomic mass is 10.0. The minimum Gasteiger partial charge on any atom is -0.379 e. The second-order valence-corrected chi connectivity index (χ2v) is 6.40. The zero-order valence-electron chi connectivity index (χ0n) is 12.6. The number of aromatic nitrogens is 1. The Labute approximate surface area is 126 Å². The van der Waals surface area contributed by atoms with Crippen molar-refractivity contribution in [3.8, 4) is 0 Å². The van der Waals surface area contributed by atoms with Crippen molar-refractivity contribution >= 4 is 11.6 Å². The lowest BCUT2D eigenvalue weighted by molar-refractivity contribution is -0.130. The van der Waals surface area contributed by atoms with Crippen LogP contribution in [0.2, 0.25) is 0 Å². The molecule has 1 N–H and O–H groups in total. The average Bonchev–Trinajstić information content (AvgIpc) is 3.17. The Bertz CT molecular complexity index is 456. The Balaban J connectivity index is 1.42. The molecule has 0 bridgehead atoms. The zero-order valence-corrected chi connectivity index (χ0v) is 12.6. The molecule has 1 aliphatic heterocycles. The van der Waals surface area contributed by atoms with Crippen LogP contribution < -0.4 is 5.32 Å². The van der Waals surface area contributed by atoms with E-state index in [2.05, 4.69) is 10.3 Å². The van der Waals surface area contributed by atoms with E-state index in [4.69, 9.17) is 0 Å². The third-order valence-corrected chi connectivity index (χ3v) is 4.81. The fourth-order valence-electron chi connectivity index (χ4n) is 3.57. The topological polar surface area (TPSA) is 45.2 Å². The van der Waals surface area contributed by atoms with Crippen LogP contribution >= 0.6 is 0 Å². The predicted octanol–water partition coefficient (Wildman–Crippen LogP) is 3.06. The SMILES string of the molecule is O=C(CCC1CCCC1)N1CC[C@@H](Nc2cccnc2)C1. The van der Waals surface area contributed by atoms with Gasteiger partial charge in [0.1, 0.15) is 0 Å². The summed E-state index contributed by atoms with van der Waals surface area (Å²) in [7, 11) is 0. The first-order chi connectivity index (χ1) is 10.3. The summed E-state index contributed by atoms with van der Waals surface area (Å²) in [6.45, 7) is 1.72. The molecule has 1 saturated heterocycles. The molecule has 2 fully saturated rings. The molecule has 4 nitrogen and oxygen atoms in total. The van der Waals surface area contributed by atoms with Gasteiger partial charge in [-0.1, -0.05) is 25.7 Å². The van der Waals surface area contributed by atoms with Gasteiger partial charge in [0.15, 0.2) is 0 Å². The Hall–Kier alpha value is -1.58. The highest BCUT2D eigenvalue weighted by Crippen LogP contribution is 2.29. The highest BCUT2D eigenvalue weighted by molar-refractivity contribution is 5.76. The highest BCUT2D eigenvalue weighted by Gasteiger charge is 2.26. The highest BCUT2D eigenvalue weighted by atomic mass is 16.2. The van der Waals surface area contributed by atoms with Crippen molar-refractivity contribution in [2.45, 2.75) is 51.0 Å². The summed E-state index contributed by atoms with van der Waals surface area (Å²) in [5, 5.41) is 3.47. The monoisotopic (exact) mass is 287 g/mol. The standard InChI is InChI=1S/C17H25N3O/c21-17(8-7-14-4-1-2-5-14)20-11-9-16(13-20)19-15-6-3-10-18-12-15/h3,6,10,12,14,16,19H,1-2,4-5,7-9,11,13H2/t16-/m1/s1. The second-order valence-electron chi connectivity index (χ2n) is 6.40. The number of rotatable bonds is 5. The van der Waals surface area contributed by atoms with Crippen molar-refractivity contribution in [2.24, 2.45) is 5.92 Å². The van der Waals surface area contributed by atoms with Crippen LogP contribution in [-0.4, -0.2) is 34.9 Å². The maximum atomic E-state index is 12.3. The quantitative estimate of drug-likeness (QED) is 0.905. The smallest absolute Gasteiger partial charge is 0.222 e. The largest absolute Gasteiger partial charge is 0.379 e. The van der Waals surface area contributed by atoms with Crippen LogP contribution in [0.4, 0.5) is 5.69 Å². The van der Waals surface area contributed by atoms with E-state index in [-0.39, 0.29) is 0 Å². The van der Waals surface area contributed by atoms with Crippen LogP contribution in [0, 0.1) is 5.92 Å². The molecule has 21 heavy (non-hydrogen) atoms. The molecule has 114 valence electrons. The Kier molecular flexibility index (Phi) is 4.73. The Morgan fingerprint density at radius 1 is 1.33 bits per heavy atom. The summed E-state index contributed by atoms with van der Waals surface area (Å²) in [5.41, 5.74) is 1.04. The average molecular weight is 287 g/mol. The molecule has 0 radical (unpaired) electrons. The van der Waals surface area contributed by atoms with E-state index in [1.807, 2.05) is 23.2 Å². The van der Waals surface area contributed by atoms with Gasteiger partial charge in [-0.05, 0) is 30.9 Å². The van der Waals surface area contributed by atoms with Crippen LogP contribution in [0.1, 0.15) is 44.9 Å². The van der Waals surface area contributed by atoms with Gasteiger partial charge >= 0.3 is 0 Å². The van der Waals surface area contributed by atoms with E-state index in [0.29, 0.717) is 11.9 Å². The number of carbonyl (C=O) groups is 1. The molecular formula is C17H25N3O. The number of anilines is 1. The summed E-state index contributed by atoms with van der Waals surface area (Å²) in [5.74, 6) is 1.15. The van der Waals surface area contributed by atoms with Gasteiger partial charge in [-0.25, -0.2) is 0 Å². The third kappa shape index (κ3) is 3.96. The molecule has 4 heteroatoms. The summed E-state index contributed by atoms with van der Waals surface area (Å²) in [6, 6.07) is 4.32. The number of amides is 1. The third-order valence-electron chi connectivity index (χ3n) is 4.81. The van der Waals surface area contributed by atoms with Gasteiger partial charge in [-0.2, -0.15) is 0 Å². The minimum absolute atomic E-state index is 0.345. The molecule has 1 aromatic rings. The van der Waals surface area contributed by atoms with E-state index in [9.17, 15) is 4.79 Å². The molecule has 1 saturated carbocycles. The number of pyridine rings is 1. The van der Waals surface area contributed by atoms with Crippen LogP contribution in [0.15, 0.2) is 24.5 Å². The number of hydrogen-bond acceptors (Lipinski definition) is 3. The van der Waals surface area contributed by atoms with E-state index in [1.54, 1.807) is 6.20 Å². The van der Waals surface area contributed by atoms with E-state index < -0.39 is 0 Å². The molecule has 1 aliphatic carbocycles. The number of nitrogens with one attached hydrogen (secondary N) is 1. The molecule has 2 heterocycles. The summed E-state index contributed by atoms with van der Waals surface area (Å²) >= 11 is 0. The fraction of sp³-hybridized carbons (Fsp3) is 0.647. The maximum Gasteiger partial charge on any atom is 0.222 e. The summed E-state index contributed by atoms with van der Waals surface area (Å²) < 4.78 is 0. The van der Waals surface area contributed by atoms with Crippen molar-refractivity contribution in [1.82, 2.24) is 9.88 Å². The molecule has 0 aromatic carbocycles. The van der Waals surface area contributed by atoms with Crippen molar-refractivity contribution in [3.05, 3.63) is 24.5 Å². The first-order valence-corrected chi connectivity index (χ1v) is 8.25. The van der Waals surface area contributed by atoms with E-state index in [0.717, 1.165) is 44.0 Å². The van der Waals surface area contributed by atoms with Crippen molar-refractivity contribution < 1.29 is 4.79 Å². The number of carbonyl (C=O) groups excluding carboxylic acids is 1. The minimum atomic E-state index is 0.345. The Morgan fingerprint density at radius 3 is 2.95 bits per heavy atom. The van der Waals surface area contributed by atoms with Crippen molar-refractivity contribution in [1.29, 1.82) is 0 Å². The van der Waals surface area contributed by atoms with Gasteiger partial charge in [0, 0.05) is 37.9 Å². The van der Waals surface area contributed by atoms with Crippen LogP contribution in [0.25, 0.3) is 0 Å². The summed E-state index contributed by atoms with van der Waals surface area (Å²) in [6.07, 6.45) is 11.9. The summed E-state index contributed by atoms with van der Waals surface area (Å²) in [4.78, 5) is 18.4. The van der Waals surface area contributed by atoms with Crippen LogP contribution in [-0.2, 0) is 4.79 Å². The predicted molar refractivity (Wildman–Crippen MR) is 84.0 cm³/mol. The lowest BCUT2D eigenvalue weighted by Gasteiger charge is -2.18. The van der Waals surface area contributed by atoms with Gasteiger partial charge in [0.25, 0.3) is 0 Å². The zero-order chi connectivity index (χ0) is 14.5. The number of nitrogens with zero attached hydrogens (tertiary/aromatic N) is 2. The van der Waals surface area contributed by atoms with Crippen LogP contribution in [0.5, 0.6) is 0 Å². The molecule has 0 unspecified atom stereocenters. The van der Waals surface area contributed by atoms with Gasteiger partial charge < -0.3 is 10.2 Å². The first-order valence-electron chi connectivity index (χ1n) is 8.25. The van der Waals surface area contributed by atoms with Crippen molar-refractivity contribution in [2.75, 3.05) is 18.4 Å². The lowest BCUT2D eigenvalue weighted by Crippen LogP contribution is -2.31. The van der Waals surface area contributed by atoms with Gasteiger partial charge in [0.2, 0.25) is 5.91 Å². The van der Waals surface area contributed by atoms with Crippen molar-refractivity contribution in [3.63, 3.8) is 0 Å². The molecular weight excluding hydrogens is 262 g/mol. The molecule has 2 aliphatic rings. The maximum absolute atomic E-state index is 12.3. The van der Waals surface area contributed by atoms with Gasteiger partial charge in [-0.15, -0.1) is 0 Å². The number of hydrogen-bond donors (Lipinski definition) is 1. The number of likely N-dealkylation sites (tertiary alicyclic amines) is 1. The van der Waals surface area contributed by atoms with Gasteiger partial charge in [-0.3, -0.25) is 9.78 Å². The normalized spacial score (nSPS) is 22.7. The first kappa shape index (κ1) is 14.4. The van der Waals surface area contributed by atoms with E-state index >= 15 is 0 Å². The molecule has 1 atom stereocenters. The molecule has 3 rings (SSSR count). The molecule has 0 spiro atoms. The van der Waals surface area contributed by atoms with Crippen LogP contribution in [0.3, 0.4) is 0 Å². The molecule has 1 amide bonds.